The summed E-state index contributed by atoms with van der Waals surface area (Å²) in [7, 11) is 0. The van der Waals surface area contributed by atoms with Crippen LogP contribution in [-0.4, -0.2) is 18.3 Å². The second-order valence-corrected chi connectivity index (χ2v) is 3.98. The van der Waals surface area contributed by atoms with Crippen LogP contribution in [0.25, 0.3) is 0 Å². The summed E-state index contributed by atoms with van der Waals surface area (Å²) in [6, 6.07) is 3.77. The summed E-state index contributed by atoms with van der Waals surface area (Å²) in [5.41, 5.74) is 1.99. The molecule has 3 heteroatoms. The SMILES string of the molecule is CC(C)c1c(CO)ccc2c1OCCO2. The van der Waals surface area contributed by atoms with Gasteiger partial charge in [0.25, 0.3) is 0 Å². The smallest absolute Gasteiger partial charge is 0.165 e. The second-order valence-electron chi connectivity index (χ2n) is 3.98. The van der Waals surface area contributed by atoms with Crippen molar-refractivity contribution in [2.75, 3.05) is 13.2 Å². The minimum absolute atomic E-state index is 0.0458. The lowest BCUT2D eigenvalue weighted by Gasteiger charge is -2.24. The van der Waals surface area contributed by atoms with Crippen LogP contribution in [0.1, 0.15) is 30.9 Å². The molecule has 0 spiro atoms. The maximum Gasteiger partial charge on any atom is 0.165 e. The van der Waals surface area contributed by atoms with Crippen LogP contribution in [0.3, 0.4) is 0 Å². The molecule has 0 saturated heterocycles. The van der Waals surface area contributed by atoms with Crippen LogP contribution in [0.4, 0.5) is 0 Å². The number of benzene rings is 1. The molecule has 1 heterocycles. The third-order valence-corrected chi connectivity index (χ3v) is 2.59. The van der Waals surface area contributed by atoms with Crippen LogP contribution in [0.15, 0.2) is 12.1 Å². The minimum atomic E-state index is 0.0458. The van der Waals surface area contributed by atoms with E-state index in [-0.39, 0.29) is 6.61 Å². The molecule has 0 unspecified atom stereocenters. The van der Waals surface area contributed by atoms with E-state index in [2.05, 4.69) is 13.8 Å². The minimum Gasteiger partial charge on any atom is -0.486 e. The average Bonchev–Trinajstić information content (AvgIpc) is 2.27. The molecule has 0 atom stereocenters. The first-order valence-electron chi connectivity index (χ1n) is 5.26. The highest BCUT2D eigenvalue weighted by Gasteiger charge is 2.20. The van der Waals surface area contributed by atoms with Crippen molar-refractivity contribution in [2.45, 2.75) is 26.4 Å². The summed E-state index contributed by atoms with van der Waals surface area (Å²) in [6.45, 7) is 5.41. The van der Waals surface area contributed by atoms with E-state index in [0.717, 1.165) is 22.6 Å². The van der Waals surface area contributed by atoms with E-state index in [9.17, 15) is 5.11 Å². The first-order valence-corrected chi connectivity index (χ1v) is 5.26. The number of hydrogen-bond acceptors (Lipinski definition) is 3. The molecule has 1 aromatic carbocycles. The van der Waals surface area contributed by atoms with Crippen molar-refractivity contribution < 1.29 is 14.6 Å². The predicted molar refractivity (Wildman–Crippen MR) is 57.4 cm³/mol. The fraction of sp³-hybridized carbons (Fsp3) is 0.500. The van der Waals surface area contributed by atoms with Gasteiger partial charge in [0.1, 0.15) is 13.2 Å². The van der Waals surface area contributed by atoms with Crippen LogP contribution in [0, 0.1) is 0 Å². The highest BCUT2D eigenvalue weighted by atomic mass is 16.6. The first-order chi connectivity index (χ1) is 7.24. The first kappa shape index (κ1) is 10.3. The zero-order chi connectivity index (χ0) is 10.8. The standard InChI is InChI=1S/C12H16O3/c1-8(2)11-9(7-13)3-4-10-12(11)15-6-5-14-10/h3-4,8,13H,5-7H2,1-2H3. The van der Waals surface area contributed by atoms with Gasteiger partial charge in [0, 0.05) is 5.56 Å². The monoisotopic (exact) mass is 208 g/mol. The van der Waals surface area contributed by atoms with Gasteiger partial charge in [-0.05, 0) is 17.5 Å². The van der Waals surface area contributed by atoms with Crippen molar-refractivity contribution in [1.29, 1.82) is 0 Å². The molecule has 82 valence electrons. The van der Waals surface area contributed by atoms with E-state index in [1.807, 2.05) is 12.1 Å². The molecule has 3 nitrogen and oxygen atoms in total. The van der Waals surface area contributed by atoms with E-state index in [4.69, 9.17) is 9.47 Å². The van der Waals surface area contributed by atoms with E-state index < -0.39 is 0 Å². The molecule has 1 N–H and O–H groups in total. The maximum absolute atomic E-state index is 9.27. The van der Waals surface area contributed by atoms with E-state index >= 15 is 0 Å². The normalized spacial score (nSPS) is 14.4. The Labute approximate surface area is 89.6 Å². The predicted octanol–water partition coefficient (Wildman–Crippen LogP) is 2.07. The third kappa shape index (κ3) is 1.79. The van der Waals surface area contributed by atoms with Crippen molar-refractivity contribution in [1.82, 2.24) is 0 Å². The molecule has 15 heavy (non-hydrogen) atoms. The summed E-state index contributed by atoms with van der Waals surface area (Å²) in [6.07, 6.45) is 0. The number of ether oxygens (including phenoxy) is 2. The van der Waals surface area contributed by atoms with Gasteiger partial charge in [-0.1, -0.05) is 19.9 Å². The number of hydrogen-bond donors (Lipinski definition) is 1. The summed E-state index contributed by atoms with van der Waals surface area (Å²) >= 11 is 0. The lowest BCUT2D eigenvalue weighted by molar-refractivity contribution is 0.168. The molecular formula is C12H16O3. The number of aliphatic hydroxyl groups excluding tert-OH is 1. The van der Waals surface area contributed by atoms with Crippen molar-refractivity contribution in [3.8, 4) is 11.5 Å². The van der Waals surface area contributed by atoms with Gasteiger partial charge in [0.15, 0.2) is 11.5 Å². The molecule has 0 radical (unpaired) electrons. The van der Waals surface area contributed by atoms with Gasteiger partial charge < -0.3 is 14.6 Å². The van der Waals surface area contributed by atoms with Gasteiger partial charge in [0.2, 0.25) is 0 Å². The van der Waals surface area contributed by atoms with Crippen LogP contribution < -0.4 is 9.47 Å². The summed E-state index contributed by atoms with van der Waals surface area (Å²) < 4.78 is 11.1. The van der Waals surface area contributed by atoms with Crippen molar-refractivity contribution in [3.63, 3.8) is 0 Å². The Bertz CT molecular complexity index is 358. The Morgan fingerprint density at radius 1 is 1.27 bits per heavy atom. The molecule has 1 aliphatic rings. The molecule has 0 bridgehead atoms. The zero-order valence-corrected chi connectivity index (χ0v) is 9.12. The lowest BCUT2D eigenvalue weighted by atomic mass is 9.95. The zero-order valence-electron chi connectivity index (χ0n) is 9.12. The van der Waals surface area contributed by atoms with Crippen LogP contribution >= 0.6 is 0 Å². The maximum atomic E-state index is 9.27. The van der Waals surface area contributed by atoms with Crippen molar-refractivity contribution in [3.05, 3.63) is 23.3 Å². The van der Waals surface area contributed by atoms with E-state index in [1.54, 1.807) is 0 Å². The van der Waals surface area contributed by atoms with Gasteiger partial charge in [-0.15, -0.1) is 0 Å². The molecule has 0 fully saturated rings. The van der Waals surface area contributed by atoms with Crippen molar-refractivity contribution >= 4 is 0 Å². The topological polar surface area (TPSA) is 38.7 Å². The van der Waals surface area contributed by atoms with Gasteiger partial charge in [-0.25, -0.2) is 0 Å². The Hall–Kier alpha value is -1.22. The van der Waals surface area contributed by atoms with Crippen LogP contribution in [0.5, 0.6) is 11.5 Å². The number of rotatable bonds is 2. The quantitative estimate of drug-likeness (QED) is 0.808. The molecule has 1 aliphatic heterocycles. The van der Waals surface area contributed by atoms with Crippen molar-refractivity contribution in [2.24, 2.45) is 0 Å². The van der Waals surface area contributed by atoms with Gasteiger partial charge >= 0.3 is 0 Å². The Morgan fingerprint density at radius 2 is 2.00 bits per heavy atom. The average molecular weight is 208 g/mol. The molecule has 0 aliphatic carbocycles. The van der Waals surface area contributed by atoms with Gasteiger partial charge in [-0.3, -0.25) is 0 Å². The summed E-state index contributed by atoms with van der Waals surface area (Å²) in [5, 5.41) is 9.27. The molecule has 0 aromatic heterocycles. The molecule has 1 aromatic rings. The van der Waals surface area contributed by atoms with Crippen LogP contribution in [0.2, 0.25) is 0 Å². The Balaban J connectivity index is 2.54. The van der Waals surface area contributed by atoms with Gasteiger partial charge in [-0.2, -0.15) is 0 Å². The molecular weight excluding hydrogens is 192 g/mol. The highest BCUT2D eigenvalue weighted by molar-refractivity contribution is 5.52. The fourth-order valence-electron chi connectivity index (χ4n) is 1.95. The largest absolute Gasteiger partial charge is 0.486 e. The highest BCUT2D eigenvalue weighted by Crippen LogP contribution is 2.39. The lowest BCUT2D eigenvalue weighted by Crippen LogP contribution is -2.17. The second kappa shape index (κ2) is 4.11. The molecule has 2 rings (SSSR count). The fourth-order valence-corrected chi connectivity index (χ4v) is 1.95. The Morgan fingerprint density at radius 3 is 2.67 bits per heavy atom. The third-order valence-electron chi connectivity index (χ3n) is 2.59. The Kier molecular flexibility index (Phi) is 2.82. The molecule has 0 saturated carbocycles. The van der Waals surface area contributed by atoms with Crippen LogP contribution in [-0.2, 0) is 6.61 Å². The van der Waals surface area contributed by atoms with E-state index in [1.165, 1.54) is 0 Å². The summed E-state index contributed by atoms with van der Waals surface area (Å²) in [4.78, 5) is 0. The number of fused-ring (bicyclic) bond motifs is 1. The molecule has 0 amide bonds. The van der Waals surface area contributed by atoms with E-state index in [0.29, 0.717) is 19.1 Å². The van der Waals surface area contributed by atoms with Gasteiger partial charge in [0.05, 0.1) is 6.61 Å². The summed E-state index contributed by atoms with van der Waals surface area (Å²) in [5.74, 6) is 1.92. The number of aliphatic hydroxyl groups is 1.